The van der Waals surface area contributed by atoms with Gasteiger partial charge < -0.3 is 14.7 Å². The van der Waals surface area contributed by atoms with Crippen molar-refractivity contribution in [3.05, 3.63) is 29.8 Å². The number of benzene rings is 1. The largest absolute Gasteiger partial charge is 0.494 e. The Hall–Kier alpha value is -1.06. The molecule has 0 saturated carbocycles. The first-order valence-electron chi connectivity index (χ1n) is 5.77. The molecule has 0 saturated heterocycles. The Morgan fingerprint density at radius 2 is 1.88 bits per heavy atom. The maximum Gasteiger partial charge on any atom is 0.119 e. The molecule has 0 aromatic heterocycles. The van der Waals surface area contributed by atoms with Crippen LogP contribution in [0.5, 0.6) is 5.75 Å². The van der Waals surface area contributed by atoms with Gasteiger partial charge in [0.05, 0.1) is 13.2 Å². The molecule has 1 rings (SSSR count). The molecule has 0 atom stereocenters. The molecule has 0 spiro atoms. The molecule has 1 N–H and O–H groups in total. The van der Waals surface area contributed by atoms with Crippen LogP contribution in [0.4, 0.5) is 0 Å². The highest BCUT2D eigenvalue weighted by Gasteiger charge is 1.99. The quantitative estimate of drug-likeness (QED) is 0.761. The summed E-state index contributed by atoms with van der Waals surface area (Å²) in [5.41, 5.74) is 1.30. The van der Waals surface area contributed by atoms with E-state index in [4.69, 9.17) is 9.84 Å². The molecule has 0 aliphatic carbocycles. The van der Waals surface area contributed by atoms with Gasteiger partial charge in [-0.2, -0.15) is 0 Å². The third-order valence-corrected chi connectivity index (χ3v) is 2.50. The summed E-state index contributed by atoms with van der Waals surface area (Å²) >= 11 is 0. The zero-order chi connectivity index (χ0) is 11.8. The molecule has 90 valence electrons. The number of aliphatic hydroxyl groups excluding tert-OH is 1. The maximum atomic E-state index is 8.77. The number of hydrogen-bond donors (Lipinski definition) is 1. The van der Waals surface area contributed by atoms with Gasteiger partial charge in [-0.15, -0.1) is 0 Å². The molecule has 0 heterocycles. The zero-order valence-corrected chi connectivity index (χ0v) is 10.1. The second kappa shape index (κ2) is 7.25. The van der Waals surface area contributed by atoms with Gasteiger partial charge in [0.2, 0.25) is 0 Å². The molecular weight excluding hydrogens is 202 g/mol. The Morgan fingerprint density at radius 3 is 2.44 bits per heavy atom. The van der Waals surface area contributed by atoms with Gasteiger partial charge >= 0.3 is 0 Å². The molecule has 0 amide bonds. The van der Waals surface area contributed by atoms with Gasteiger partial charge in [0.1, 0.15) is 5.75 Å². The Balaban J connectivity index is 2.37. The van der Waals surface area contributed by atoms with E-state index in [2.05, 4.69) is 17.0 Å². The number of hydrogen-bond acceptors (Lipinski definition) is 3. The first-order valence-corrected chi connectivity index (χ1v) is 5.77. The Bertz CT molecular complexity index is 284. The lowest BCUT2D eigenvalue weighted by molar-refractivity contribution is 0.223. The van der Waals surface area contributed by atoms with Crippen LogP contribution in [-0.4, -0.2) is 43.4 Å². The van der Waals surface area contributed by atoms with E-state index >= 15 is 0 Å². The minimum atomic E-state index is 0.222. The molecule has 0 bridgehead atoms. The highest BCUT2D eigenvalue weighted by atomic mass is 16.5. The SMILES string of the molecule is CCOc1ccc(CCN(C)CCO)cc1. The van der Waals surface area contributed by atoms with E-state index in [0.717, 1.165) is 25.3 Å². The summed E-state index contributed by atoms with van der Waals surface area (Å²) in [6.07, 6.45) is 1.00. The van der Waals surface area contributed by atoms with Crippen molar-refractivity contribution in [3.8, 4) is 5.75 Å². The van der Waals surface area contributed by atoms with Gasteiger partial charge in [-0.3, -0.25) is 0 Å². The molecule has 0 aliphatic rings. The van der Waals surface area contributed by atoms with E-state index in [-0.39, 0.29) is 6.61 Å². The number of nitrogens with zero attached hydrogens (tertiary/aromatic N) is 1. The van der Waals surface area contributed by atoms with Crippen molar-refractivity contribution in [3.63, 3.8) is 0 Å². The van der Waals surface area contributed by atoms with Gasteiger partial charge in [-0.1, -0.05) is 12.1 Å². The van der Waals surface area contributed by atoms with Crippen LogP contribution in [0, 0.1) is 0 Å². The van der Waals surface area contributed by atoms with Crippen molar-refractivity contribution in [1.29, 1.82) is 0 Å². The molecule has 0 aliphatic heterocycles. The van der Waals surface area contributed by atoms with Gasteiger partial charge in [0.25, 0.3) is 0 Å². The van der Waals surface area contributed by atoms with Crippen LogP contribution >= 0.6 is 0 Å². The minimum absolute atomic E-state index is 0.222. The predicted molar refractivity (Wildman–Crippen MR) is 65.9 cm³/mol. The normalized spacial score (nSPS) is 10.8. The third-order valence-electron chi connectivity index (χ3n) is 2.50. The van der Waals surface area contributed by atoms with Crippen molar-refractivity contribution in [1.82, 2.24) is 4.90 Å². The van der Waals surface area contributed by atoms with Crippen molar-refractivity contribution in [2.24, 2.45) is 0 Å². The Morgan fingerprint density at radius 1 is 1.19 bits per heavy atom. The topological polar surface area (TPSA) is 32.7 Å². The van der Waals surface area contributed by atoms with Crippen molar-refractivity contribution < 1.29 is 9.84 Å². The van der Waals surface area contributed by atoms with Crippen LogP contribution in [0.2, 0.25) is 0 Å². The van der Waals surface area contributed by atoms with Crippen LogP contribution in [0.15, 0.2) is 24.3 Å². The zero-order valence-electron chi connectivity index (χ0n) is 10.1. The van der Waals surface area contributed by atoms with E-state index in [1.54, 1.807) is 0 Å². The summed E-state index contributed by atoms with van der Waals surface area (Å²) in [6, 6.07) is 8.20. The van der Waals surface area contributed by atoms with E-state index in [9.17, 15) is 0 Å². The van der Waals surface area contributed by atoms with Crippen LogP contribution in [0.3, 0.4) is 0 Å². The molecule has 1 aromatic carbocycles. The fourth-order valence-electron chi connectivity index (χ4n) is 1.52. The average Bonchev–Trinajstić information content (AvgIpc) is 2.29. The van der Waals surface area contributed by atoms with E-state index in [1.165, 1.54) is 5.56 Å². The lowest BCUT2D eigenvalue weighted by Gasteiger charge is -2.14. The second-order valence-corrected chi connectivity index (χ2v) is 3.85. The fourth-order valence-corrected chi connectivity index (χ4v) is 1.52. The molecule has 3 nitrogen and oxygen atoms in total. The van der Waals surface area contributed by atoms with Crippen LogP contribution in [0.1, 0.15) is 12.5 Å². The van der Waals surface area contributed by atoms with Gasteiger partial charge in [0.15, 0.2) is 0 Å². The smallest absolute Gasteiger partial charge is 0.119 e. The first kappa shape index (κ1) is 13.0. The first-order chi connectivity index (χ1) is 7.76. The van der Waals surface area contributed by atoms with Gasteiger partial charge in [-0.05, 0) is 38.1 Å². The average molecular weight is 223 g/mol. The third kappa shape index (κ3) is 4.64. The van der Waals surface area contributed by atoms with E-state index in [1.807, 2.05) is 26.1 Å². The number of aliphatic hydroxyl groups is 1. The van der Waals surface area contributed by atoms with Crippen LogP contribution < -0.4 is 4.74 Å². The lowest BCUT2D eigenvalue weighted by atomic mass is 10.1. The van der Waals surface area contributed by atoms with E-state index < -0.39 is 0 Å². The molecule has 0 radical (unpaired) electrons. The van der Waals surface area contributed by atoms with Crippen molar-refractivity contribution in [2.75, 3.05) is 33.4 Å². The highest BCUT2D eigenvalue weighted by Crippen LogP contribution is 2.12. The summed E-state index contributed by atoms with van der Waals surface area (Å²) in [4.78, 5) is 2.12. The summed E-state index contributed by atoms with van der Waals surface area (Å²) in [6.45, 7) is 4.61. The summed E-state index contributed by atoms with van der Waals surface area (Å²) < 4.78 is 5.38. The van der Waals surface area contributed by atoms with Crippen molar-refractivity contribution >= 4 is 0 Å². The molecule has 0 unspecified atom stereocenters. The molecule has 3 heteroatoms. The van der Waals surface area contributed by atoms with E-state index in [0.29, 0.717) is 6.61 Å². The highest BCUT2D eigenvalue weighted by molar-refractivity contribution is 5.27. The number of ether oxygens (including phenoxy) is 1. The van der Waals surface area contributed by atoms with Gasteiger partial charge in [0, 0.05) is 13.1 Å². The molecule has 0 fully saturated rings. The molecular formula is C13H21NO2. The minimum Gasteiger partial charge on any atom is -0.494 e. The fraction of sp³-hybridized carbons (Fsp3) is 0.538. The summed E-state index contributed by atoms with van der Waals surface area (Å²) in [7, 11) is 2.02. The van der Waals surface area contributed by atoms with Crippen LogP contribution in [0.25, 0.3) is 0 Å². The lowest BCUT2D eigenvalue weighted by Crippen LogP contribution is -2.24. The maximum absolute atomic E-state index is 8.77. The monoisotopic (exact) mass is 223 g/mol. The number of likely N-dealkylation sites (N-methyl/N-ethyl adjacent to an activating group) is 1. The standard InChI is InChI=1S/C13H21NO2/c1-3-16-13-6-4-12(5-7-13)8-9-14(2)10-11-15/h4-7,15H,3,8-11H2,1-2H3. The second-order valence-electron chi connectivity index (χ2n) is 3.85. The van der Waals surface area contributed by atoms with Crippen LogP contribution in [-0.2, 0) is 6.42 Å². The summed E-state index contributed by atoms with van der Waals surface area (Å²) in [5.74, 6) is 0.926. The molecule has 1 aromatic rings. The Labute approximate surface area is 97.7 Å². The Kier molecular flexibility index (Phi) is 5.90. The molecule has 16 heavy (non-hydrogen) atoms. The van der Waals surface area contributed by atoms with Gasteiger partial charge in [-0.25, -0.2) is 0 Å². The predicted octanol–water partition coefficient (Wildman–Crippen LogP) is 1.55. The number of rotatable bonds is 7. The van der Waals surface area contributed by atoms with Crippen molar-refractivity contribution in [2.45, 2.75) is 13.3 Å². The summed E-state index contributed by atoms with van der Waals surface area (Å²) in [5, 5.41) is 8.77.